The zero-order valence-electron chi connectivity index (χ0n) is 6.49. The minimum absolute atomic E-state index is 0.822. The summed E-state index contributed by atoms with van der Waals surface area (Å²) in [6, 6.07) is 3.79. The van der Waals surface area contributed by atoms with Crippen LogP contribution in [0.1, 0.15) is 0 Å². The van der Waals surface area contributed by atoms with E-state index >= 15 is 0 Å². The molecular weight excluding hydrogens is 220 g/mol. The lowest BCUT2D eigenvalue weighted by molar-refractivity contribution is 0.412. The molecule has 2 aromatic heterocycles. The number of halogens is 1. The smallest absolute Gasteiger partial charge is 0.136 e. The first-order chi connectivity index (χ1) is 5.83. The molecule has 0 aliphatic rings. The molecule has 2 rings (SSSR count). The summed E-state index contributed by atoms with van der Waals surface area (Å²) in [4.78, 5) is 0. The van der Waals surface area contributed by atoms with E-state index in [2.05, 4.69) is 21.0 Å². The van der Waals surface area contributed by atoms with Crippen LogP contribution in [0.15, 0.2) is 29.0 Å². The third kappa shape index (κ3) is 0.992. The largest absolute Gasteiger partial charge is 0.495 e. The molecule has 0 aliphatic heterocycles. The van der Waals surface area contributed by atoms with Gasteiger partial charge in [-0.2, -0.15) is 5.10 Å². The van der Waals surface area contributed by atoms with Crippen LogP contribution in [0.2, 0.25) is 0 Å². The van der Waals surface area contributed by atoms with Crippen LogP contribution < -0.4 is 4.74 Å². The molecule has 0 saturated heterocycles. The Hall–Kier alpha value is -1.03. The summed E-state index contributed by atoms with van der Waals surface area (Å²) in [6.07, 6.45) is 3.61. The van der Waals surface area contributed by atoms with Gasteiger partial charge in [0, 0.05) is 6.20 Å². The van der Waals surface area contributed by atoms with Gasteiger partial charge in [0.15, 0.2) is 0 Å². The Morgan fingerprint density at radius 3 is 3.08 bits per heavy atom. The molecule has 12 heavy (non-hydrogen) atoms. The molecule has 0 amide bonds. The number of hydrogen-bond acceptors (Lipinski definition) is 2. The number of nitrogens with zero attached hydrogens (tertiary/aromatic N) is 2. The van der Waals surface area contributed by atoms with Gasteiger partial charge in [-0.25, -0.2) is 4.52 Å². The van der Waals surface area contributed by atoms with Crippen molar-refractivity contribution in [2.45, 2.75) is 0 Å². The SMILES string of the molecule is COc1ccn2nccc2c1Br. The van der Waals surface area contributed by atoms with Crippen molar-refractivity contribution in [2.24, 2.45) is 0 Å². The van der Waals surface area contributed by atoms with Crippen LogP contribution in [-0.2, 0) is 0 Å². The van der Waals surface area contributed by atoms with Crippen molar-refractivity contribution in [3.63, 3.8) is 0 Å². The fourth-order valence-electron chi connectivity index (χ4n) is 1.10. The minimum Gasteiger partial charge on any atom is -0.495 e. The van der Waals surface area contributed by atoms with Crippen LogP contribution in [0, 0.1) is 0 Å². The van der Waals surface area contributed by atoms with Gasteiger partial charge in [0.1, 0.15) is 5.75 Å². The Bertz CT molecular complexity index is 410. The molecule has 0 aliphatic carbocycles. The summed E-state index contributed by atoms with van der Waals surface area (Å²) in [5.41, 5.74) is 1.01. The third-order valence-corrected chi connectivity index (χ3v) is 2.50. The first-order valence-electron chi connectivity index (χ1n) is 3.49. The van der Waals surface area contributed by atoms with E-state index in [0.29, 0.717) is 0 Å². The summed E-state index contributed by atoms with van der Waals surface area (Å²) >= 11 is 3.44. The second kappa shape index (κ2) is 2.79. The van der Waals surface area contributed by atoms with Crippen LogP contribution in [0.4, 0.5) is 0 Å². The minimum atomic E-state index is 0.822. The summed E-state index contributed by atoms with van der Waals surface area (Å²) in [5, 5.41) is 4.09. The van der Waals surface area contributed by atoms with E-state index in [1.165, 1.54) is 0 Å². The Morgan fingerprint density at radius 2 is 2.33 bits per heavy atom. The highest BCUT2D eigenvalue weighted by Gasteiger charge is 2.04. The second-order valence-corrected chi connectivity index (χ2v) is 3.15. The average molecular weight is 227 g/mol. The fourth-order valence-corrected chi connectivity index (χ4v) is 1.71. The van der Waals surface area contributed by atoms with Crippen molar-refractivity contribution < 1.29 is 4.74 Å². The van der Waals surface area contributed by atoms with Crippen molar-refractivity contribution in [3.8, 4) is 5.75 Å². The lowest BCUT2D eigenvalue weighted by Gasteiger charge is -2.03. The molecule has 0 spiro atoms. The quantitative estimate of drug-likeness (QED) is 0.745. The fraction of sp³-hybridized carbons (Fsp3) is 0.125. The molecule has 0 radical (unpaired) electrons. The number of pyridine rings is 1. The molecule has 0 atom stereocenters. The molecule has 4 heteroatoms. The molecule has 0 N–H and O–H groups in total. The first kappa shape index (κ1) is 7.61. The van der Waals surface area contributed by atoms with Crippen molar-refractivity contribution in [2.75, 3.05) is 7.11 Å². The standard InChI is InChI=1S/C8H7BrN2O/c1-12-7-3-5-11-6(8(7)9)2-4-10-11/h2-5H,1H3. The Balaban J connectivity index is 2.78. The lowest BCUT2D eigenvalue weighted by atomic mass is 10.4. The number of fused-ring (bicyclic) bond motifs is 1. The van der Waals surface area contributed by atoms with Crippen LogP contribution in [0.25, 0.3) is 5.52 Å². The maximum absolute atomic E-state index is 5.13. The average Bonchev–Trinajstić information content (AvgIpc) is 2.53. The maximum Gasteiger partial charge on any atom is 0.136 e. The Kier molecular flexibility index (Phi) is 1.77. The summed E-state index contributed by atoms with van der Waals surface area (Å²) < 4.78 is 7.85. The highest BCUT2D eigenvalue weighted by Crippen LogP contribution is 2.28. The molecule has 2 heterocycles. The van der Waals surface area contributed by atoms with Crippen molar-refractivity contribution in [3.05, 3.63) is 29.0 Å². The second-order valence-electron chi connectivity index (χ2n) is 2.36. The van der Waals surface area contributed by atoms with E-state index in [4.69, 9.17) is 4.74 Å². The highest BCUT2D eigenvalue weighted by molar-refractivity contribution is 9.10. The highest BCUT2D eigenvalue weighted by atomic mass is 79.9. The van der Waals surface area contributed by atoms with E-state index in [0.717, 1.165) is 15.7 Å². The molecule has 0 bridgehead atoms. The van der Waals surface area contributed by atoms with Crippen LogP contribution >= 0.6 is 15.9 Å². The van der Waals surface area contributed by atoms with E-state index in [9.17, 15) is 0 Å². The van der Waals surface area contributed by atoms with Crippen molar-refractivity contribution in [1.82, 2.24) is 9.61 Å². The first-order valence-corrected chi connectivity index (χ1v) is 4.28. The molecule has 2 aromatic rings. The monoisotopic (exact) mass is 226 g/mol. The number of hydrogen-bond donors (Lipinski definition) is 0. The molecule has 0 unspecified atom stereocenters. The summed E-state index contributed by atoms with van der Waals surface area (Å²) in [7, 11) is 1.65. The van der Waals surface area contributed by atoms with Gasteiger partial charge in [-0.15, -0.1) is 0 Å². The Labute approximate surface area is 78.1 Å². The van der Waals surface area contributed by atoms with Crippen molar-refractivity contribution >= 4 is 21.4 Å². The van der Waals surface area contributed by atoms with E-state index in [-0.39, 0.29) is 0 Å². The summed E-state index contributed by atoms with van der Waals surface area (Å²) in [6.45, 7) is 0. The zero-order valence-corrected chi connectivity index (χ0v) is 8.08. The summed E-state index contributed by atoms with van der Waals surface area (Å²) in [5.74, 6) is 0.822. The molecular formula is C8H7BrN2O. The number of aromatic nitrogens is 2. The van der Waals surface area contributed by atoms with Gasteiger partial charge < -0.3 is 4.74 Å². The predicted octanol–water partition coefficient (Wildman–Crippen LogP) is 2.11. The zero-order chi connectivity index (χ0) is 8.55. The topological polar surface area (TPSA) is 26.5 Å². The number of rotatable bonds is 1. The van der Waals surface area contributed by atoms with Gasteiger partial charge in [0.05, 0.1) is 23.3 Å². The molecule has 0 fully saturated rings. The van der Waals surface area contributed by atoms with Crippen molar-refractivity contribution in [1.29, 1.82) is 0 Å². The van der Waals surface area contributed by atoms with E-state index in [1.54, 1.807) is 17.8 Å². The van der Waals surface area contributed by atoms with Gasteiger partial charge in [-0.1, -0.05) is 0 Å². The maximum atomic E-state index is 5.13. The molecule has 0 aromatic carbocycles. The molecule has 3 nitrogen and oxygen atoms in total. The van der Waals surface area contributed by atoms with Crippen LogP contribution in [-0.4, -0.2) is 16.7 Å². The van der Waals surface area contributed by atoms with E-state index in [1.807, 2.05) is 18.3 Å². The number of methoxy groups -OCH3 is 1. The van der Waals surface area contributed by atoms with Gasteiger partial charge in [0.2, 0.25) is 0 Å². The van der Waals surface area contributed by atoms with Gasteiger partial charge in [-0.05, 0) is 28.1 Å². The van der Waals surface area contributed by atoms with Gasteiger partial charge in [0.25, 0.3) is 0 Å². The lowest BCUT2D eigenvalue weighted by Crippen LogP contribution is -1.90. The van der Waals surface area contributed by atoms with Crippen LogP contribution in [0.3, 0.4) is 0 Å². The predicted molar refractivity (Wildman–Crippen MR) is 49.4 cm³/mol. The van der Waals surface area contributed by atoms with Crippen LogP contribution in [0.5, 0.6) is 5.75 Å². The normalized spacial score (nSPS) is 10.5. The van der Waals surface area contributed by atoms with E-state index < -0.39 is 0 Å². The molecule has 0 saturated carbocycles. The van der Waals surface area contributed by atoms with Gasteiger partial charge in [-0.3, -0.25) is 0 Å². The third-order valence-electron chi connectivity index (χ3n) is 1.70. The van der Waals surface area contributed by atoms with Gasteiger partial charge >= 0.3 is 0 Å². The number of ether oxygens (including phenoxy) is 1. The Morgan fingerprint density at radius 1 is 1.50 bits per heavy atom. The molecule has 62 valence electrons.